The van der Waals surface area contributed by atoms with Crippen molar-refractivity contribution in [3.63, 3.8) is 0 Å². The molecule has 0 unspecified atom stereocenters. The molecule has 0 amide bonds. The van der Waals surface area contributed by atoms with Crippen LogP contribution in [0.25, 0.3) is 0 Å². The maximum absolute atomic E-state index is 11.8. The van der Waals surface area contributed by atoms with Gasteiger partial charge in [0.2, 0.25) is 0 Å². The third-order valence-corrected chi connectivity index (χ3v) is 6.29. The van der Waals surface area contributed by atoms with Gasteiger partial charge in [0, 0.05) is 11.8 Å². The molecular weight excluding hydrogens is 326 g/mol. The molecule has 0 aromatic rings. The number of halogens is 3. The molecule has 7 heteroatoms. The molecule has 3 atom stereocenters. The normalized spacial score (nSPS) is 38.8. The third-order valence-electron chi connectivity index (χ3n) is 5.83. The van der Waals surface area contributed by atoms with E-state index in [4.69, 9.17) is 39.5 Å². The number of aliphatic carboxylic acids is 1. The van der Waals surface area contributed by atoms with E-state index < -0.39 is 38.1 Å². The molecule has 0 aromatic heterocycles. The van der Waals surface area contributed by atoms with E-state index in [0.29, 0.717) is 12.8 Å². The van der Waals surface area contributed by atoms with Crippen LogP contribution in [0.3, 0.4) is 0 Å². The van der Waals surface area contributed by atoms with E-state index in [1.54, 1.807) is 0 Å². The molecule has 1 N–H and O–H groups in total. The van der Waals surface area contributed by atoms with Gasteiger partial charge >= 0.3 is 11.9 Å². The highest BCUT2D eigenvalue weighted by Crippen LogP contribution is 2.72. The minimum absolute atomic E-state index is 0.262. The largest absolute Gasteiger partial charge is 0.481 e. The lowest BCUT2D eigenvalue weighted by molar-refractivity contribution is -0.158. The van der Waals surface area contributed by atoms with Crippen LogP contribution in [0.5, 0.6) is 0 Å². The summed E-state index contributed by atoms with van der Waals surface area (Å²) in [4.78, 5) is 23.5. The summed E-state index contributed by atoms with van der Waals surface area (Å²) in [6.45, 7) is 5.77. The fourth-order valence-electron chi connectivity index (χ4n) is 3.94. The number of fused-ring (bicyclic) bond motifs is 2. The van der Waals surface area contributed by atoms with Crippen LogP contribution in [-0.4, -0.2) is 26.9 Å². The second-order valence-corrected chi connectivity index (χ2v) is 8.81. The van der Waals surface area contributed by atoms with Gasteiger partial charge in [-0.25, -0.2) is 4.79 Å². The average molecular weight is 344 g/mol. The van der Waals surface area contributed by atoms with Crippen molar-refractivity contribution in [2.75, 3.05) is 0 Å². The van der Waals surface area contributed by atoms with Crippen molar-refractivity contribution in [2.24, 2.45) is 16.2 Å². The van der Waals surface area contributed by atoms with Crippen molar-refractivity contribution in [3.05, 3.63) is 0 Å². The molecule has 0 aliphatic heterocycles. The second-order valence-electron chi connectivity index (χ2n) is 6.53. The molecular formula is C13H17Cl3O4. The first-order valence-electron chi connectivity index (χ1n) is 6.40. The summed E-state index contributed by atoms with van der Waals surface area (Å²) in [6, 6.07) is 0. The Labute approximate surface area is 132 Å². The van der Waals surface area contributed by atoms with Gasteiger partial charge in [0.1, 0.15) is 6.10 Å². The fraction of sp³-hybridized carbons (Fsp3) is 0.846. The van der Waals surface area contributed by atoms with E-state index >= 15 is 0 Å². The van der Waals surface area contributed by atoms with Crippen molar-refractivity contribution < 1.29 is 19.4 Å². The summed E-state index contributed by atoms with van der Waals surface area (Å²) in [5.74, 6) is -1.80. The number of carbonyl (C=O) groups excluding carboxylic acids is 1. The first-order valence-corrected chi connectivity index (χ1v) is 7.53. The van der Waals surface area contributed by atoms with Gasteiger partial charge in [-0.1, -0.05) is 55.6 Å². The van der Waals surface area contributed by atoms with Gasteiger partial charge in [-0.3, -0.25) is 4.79 Å². The van der Waals surface area contributed by atoms with E-state index in [0.717, 1.165) is 0 Å². The Morgan fingerprint density at radius 2 is 1.75 bits per heavy atom. The molecule has 0 radical (unpaired) electrons. The van der Waals surface area contributed by atoms with Crippen molar-refractivity contribution in [3.8, 4) is 0 Å². The van der Waals surface area contributed by atoms with Gasteiger partial charge in [-0.15, -0.1) is 0 Å². The number of carboxylic acid groups (broad SMARTS) is 1. The summed E-state index contributed by atoms with van der Waals surface area (Å²) in [5, 5.41) is 9.63. The summed E-state index contributed by atoms with van der Waals surface area (Å²) < 4.78 is 3.19. The highest BCUT2D eigenvalue weighted by molar-refractivity contribution is 6.75. The van der Waals surface area contributed by atoms with Crippen molar-refractivity contribution in [1.29, 1.82) is 0 Å². The molecule has 20 heavy (non-hydrogen) atoms. The molecule has 2 fully saturated rings. The van der Waals surface area contributed by atoms with E-state index in [2.05, 4.69) is 0 Å². The Kier molecular flexibility index (Phi) is 3.56. The number of esters is 1. The SMILES string of the molecule is CC1(C)[C@@]2(C(=O)O)CC[C@]1(C)[C@@H](OC(=O)C(Cl)(Cl)Cl)C2. The van der Waals surface area contributed by atoms with Crippen LogP contribution in [-0.2, 0) is 14.3 Å². The molecule has 4 nitrogen and oxygen atoms in total. The first-order chi connectivity index (χ1) is 8.88. The molecule has 2 aliphatic carbocycles. The predicted molar refractivity (Wildman–Crippen MR) is 76.0 cm³/mol. The maximum Gasteiger partial charge on any atom is 0.358 e. The Hall–Kier alpha value is -0.190. The predicted octanol–water partition coefficient (Wildman–Crippen LogP) is 3.57. The summed E-state index contributed by atoms with van der Waals surface area (Å²) in [5.41, 5.74) is -1.82. The molecule has 2 aliphatic rings. The van der Waals surface area contributed by atoms with Crippen LogP contribution in [0.4, 0.5) is 0 Å². The van der Waals surface area contributed by atoms with Crippen molar-refractivity contribution in [1.82, 2.24) is 0 Å². The van der Waals surface area contributed by atoms with Gasteiger partial charge in [0.05, 0.1) is 5.41 Å². The van der Waals surface area contributed by atoms with Crippen LogP contribution in [0, 0.1) is 16.2 Å². The standard InChI is InChI=1S/C13H17Cl3O4/c1-10(2)11(3)4-5-12(10,8(17)18)6-7(11)20-9(19)13(14,15)16/h7H,4-6H2,1-3H3,(H,17,18)/t7-,11+,12-/m0/s1. The lowest BCUT2D eigenvalue weighted by atomic mass is 9.65. The monoisotopic (exact) mass is 342 g/mol. The lowest BCUT2D eigenvalue weighted by Gasteiger charge is -2.39. The number of rotatable bonds is 2. The molecule has 2 bridgehead atoms. The van der Waals surface area contributed by atoms with Gasteiger partial charge in [0.25, 0.3) is 3.79 Å². The molecule has 0 spiro atoms. The number of alkyl halides is 3. The zero-order valence-electron chi connectivity index (χ0n) is 11.5. The second kappa shape index (κ2) is 4.40. The van der Waals surface area contributed by atoms with Gasteiger partial charge in [-0.05, 0) is 18.3 Å². The van der Waals surface area contributed by atoms with E-state index in [1.165, 1.54) is 0 Å². The van der Waals surface area contributed by atoms with Crippen LogP contribution >= 0.6 is 34.8 Å². The van der Waals surface area contributed by atoms with Gasteiger partial charge in [0.15, 0.2) is 0 Å². The van der Waals surface area contributed by atoms with Gasteiger partial charge < -0.3 is 9.84 Å². The number of hydrogen-bond acceptors (Lipinski definition) is 3. The number of carboxylic acids is 1. The number of hydrogen-bond donors (Lipinski definition) is 1. The smallest absolute Gasteiger partial charge is 0.358 e. The average Bonchev–Trinajstić information content (AvgIpc) is 2.58. The van der Waals surface area contributed by atoms with E-state index in [1.807, 2.05) is 20.8 Å². The minimum Gasteiger partial charge on any atom is -0.481 e. The minimum atomic E-state index is -2.14. The zero-order chi connectivity index (χ0) is 15.6. The Bertz CT molecular complexity index is 471. The van der Waals surface area contributed by atoms with Crippen LogP contribution in [0.2, 0.25) is 0 Å². The van der Waals surface area contributed by atoms with E-state index in [9.17, 15) is 14.7 Å². The van der Waals surface area contributed by atoms with Crippen LogP contribution < -0.4 is 0 Å². The molecule has 0 saturated heterocycles. The highest BCUT2D eigenvalue weighted by atomic mass is 35.6. The maximum atomic E-state index is 11.8. The molecule has 2 saturated carbocycles. The number of carbonyl (C=O) groups is 2. The summed E-state index contributed by atoms with van der Waals surface area (Å²) in [7, 11) is 0. The van der Waals surface area contributed by atoms with E-state index in [-0.39, 0.29) is 6.42 Å². The third kappa shape index (κ3) is 1.87. The molecule has 0 heterocycles. The molecule has 114 valence electrons. The Balaban J connectivity index is 2.33. The molecule has 2 rings (SSSR count). The fourth-order valence-corrected chi connectivity index (χ4v) is 4.07. The molecule has 0 aromatic carbocycles. The Morgan fingerprint density at radius 1 is 1.20 bits per heavy atom. The first kappa shape index (κ1) is 16.2. The van der Waals surface area contributed by atoms with Crippen molar-refractivity contribution >= 4 is 46.7 Å². The summed E-state index contributed by atoms with van der Waals surface area (Å²) >= 11 is 16.6. The number of ether oxygens (including phenoxy) is 1. The Morgan fingerprint density at radius 3 is 2.15 bits per heavy atom. The van der Waals surface area contributed by atoms with Gasteiger partial charge in [-0.2, -0.15) is 0 Å². The van der Waals surface area contributed by atoms with Crippen LogP contribution in [0.15, 0.2) is 0 Å². The van der Waals surface area contributed by atoms with Crippen molar-refractivity contribution in [2.45, 2.75) is 49.9 Å². The quantitative estimate of drug-likeness (QED) is 0.615. The zero-order valence-corrected chi connectivity index (χ0v) is 13.8. The van der Waals surface area contributed by atoms with Crippen LogP contribution in [0.1, 0.15) is 40.0 Å². The highest BCUT2D eigenvalue weighted by Gasteiger charge is 2.74. The lowest BCUT2D eigenvalue weighted by Crippen LogP contribution is -2.41. The summed E-state index contributed by atoms with van der Waals surface area (Å²) in [6.07, 6.45) is 0.960. The topological polar surface area (TPSA) is 63.6 Å².